The summed E-state index contributed by atoms with van der Waals surface area (Å²) in [6.45, 7) is 10.6. The van der Waals surface area contributed by atoms with Gasteiger partial charge in [-0.15, -0.1) is 0 Å². The van der Waals surface area contributed by atoms with Crippen molar-refractivity contribution in [3.05, 3.63) is 47.1 Å². The molecule has 0 fully saturated rings. The normalized spacial score (nSPS) is 17.6. The Balaban J connectivity index is 2.51. The van der Waals surface area contributed by atoms with Gasteiger partial charge < -0.3 is 19.5 Å². The van der Waals surface area contributed by atoms with E-state index >= 15 is 0 Å². The summed E-state index contributed by atoms with van der Waals surface area (Å²) in [7, 11) is 1.29. The molecule has 0 radical (unpaired) electrons. The molecule has 8 nitrogen and oxygen atoms in total. The maximum atomic E-state index is 13.0. The van der Waals surface area contributed by atoms with Crippen molar-refractivity contribution in [3.63, 3.8) is 0 Å². The molecule has 1 N–H and O–H groups in total. The molecule has 0 aliphatic carbocycles. The van der Waals surface area contributed by atoms with Gasteiger partial charge in [0.2, 0.25) is 0 Å². The zero-order chi connectivity index (χ0) is 22.6. The summed E-state index contributed by atoms with van der Waals surface area (Å²) in [5, 5.41) is 3.12. The van der Waals surface area contributed by atoms with Crippen molar-refractivity contribution in [2.24, 2.45) is 11.8 Å². The van der Waals surface area contributed by atoms with Crippen molar-refractivity contribution in [2.45, 2.75) is 53.8 Å². The Morgan fingerprint density at radius 3 is 1.70 bits per heavy atom. The van der Waals surface area contributed by atoms with Crippen LogP contribution in [0, 0.1) is 11.8 Å². The molecule has 2 heterocycles. The van der Waals surface area contributed by atoms with Crippen molar-refractivity contribution < 1.29 is 28.6 Å². The second-order valence-corrected chi connectivity index (χ2v) is 7.73. The maximum Gasteiger partial charge on any atom is 0.417 e. The lowest BCUT2D eigenvalue weighted by Gasteiger charge is -2.34. The molecule has 0 saturated heterocycles. The predicted octanol–water partition coefficient (Wildman–Crippen LogP) is 3.38. The standard InChI is InChI=1S/C22H30N2O6/c1-12(2)29-20(25)17-14(5)23-15(6)18(21(26)30-13(3)4)19(17)16-8-10-24(11-9-16)22(27)28-7/h8-13,16,19,23H,1-7H3. The predicted molar refractivity (Wildman–Crippen MR) is 110 cm³/mol. The van der Waals surface area contributed by atoms with Crippen LogP contribution in [-0.4, -0.2) is 42.2 Å². The summed E-state index contributed by atoms with van der Waals surface area (Å²) in [5.74, 6) is -2.00. The Bertz CT molecular complexity index is 777. The molecule has 30 heavy (non-hydrogen) atoms. The smallest absolute Gasteiger partial charge is 0.417 e. The first kappa shape index (κ1) is 23.3. The van der Waals surface area contributed by atoms with Crippen molar-refractivity contribution in [2.75, 3.05) is 7.11 Å². The molecular formula is C22H30N2O6. The number of rotatable bonds is 5. The van der Waals surface area contributed by atoms with Crippen LogP contribution >= 0.6 is 0 Å². The van der Waals surface area contributed by atoms with E-state index in [1.807, 2.05) is 0 Å². The number of allylic oxidation sites excluding steroid dienone is 4. The average Bonchev–Trinajstić information content (AvgIpc) is 2.65. The van der Waals surface area contributed by atoms with E-state index in [0.717, 1.165) is 0 Å². The van der Waals surface area contributed by atoms with Crippen LogP contribution in [-0.2, 0) is 23.8 Å². The van der Waals surface area contributed by atoms with Crippen LogP contribution in [0.5, 0.6) is 0 Å². The number of carbonyl (C=O) groups excluding carboxylic acids is 3. The third kappa shape index (κ3) is 5.11. The molecule has 2 rings (SSSR count). The molecule has 0 saturated carbocycles. The van der Waals surface area contributed by atoms with Crippen LogP contribution < -0.4 is 5.32 Å². The SMILES string of the molecule is COC(=O)N1C=CC(C2C(C(=O)OC(C)C)=C(C)NC(C)=C2C(=O)OC(C)C)C=C1. The van der Waals surface area contributed by atoms with E-state index in [1.165, 1.54) is 12.0 Å². The molecule has 0 bridgehead atoms. The fourth-order valence-corrected chi connectivity index (χ4v) is 3.47. The first-order valence-corrected chi connectivity index (χ1v) is 9.90. The fraction of sp³-hybridized carbons (Fsp3) is 0.500. The van der Waals surface area contributed by atoms with Crippen LogP contribution in [0.2, 0.25) is 0 Å². The molecule has 2 aliphatic heterocycles. The van der Waals surface area contributed by atoms with Crippen molar-refractivity contribution in [1.29, 1.82) is 0 Å². The van der Waals surface area contributed by atoms with Gasteiger partial charge >= 0.3 is 18.0 Å². The van der Waals surface area contributed by atoms with Gasteiger partial charge in [-0.2, -0.15) is 0 Å². The largest absolute Gasteiger partial charge is 0.460 e. The molecular weight excluding hydrogens is 388 g/mol. The number of carbonyl (C=O) groups is 3. The van der Waals surface area contributed by atoms with Crippen molar-refractivity contribution in [1.82, 2.24) is 10.2 Å². The third-order valence-corrected chi connectivity index (χ3v) is 4.64. The van der Waals surface area contributed by atoms with Crippen LogP contribution in [0.25, 0.3) is 0 Å². The van der Waals surface area contributed by atoms with Gasteiger partial charge in [0.05, 0.1) is 30.5 Å². The molecule has 8 heteroatoms. The second-order valence-electron chi connectivity index (χ2n) is 7.73. The van der Waals surface area contributed by atoms with Gasteiger partial charge in [-0.3, -0.25) is 4.90 Å². The van der Waals surface area contributed by atoms with Gasteiger partial charge in [0.1, 0.15) is 0 Å². The zero-order valence-electron chi connectivity index (χ0n) is 18.5. The minimum Gasteiger partial charge on any atom is -0.460 e. The zero-order valence-corrected chi connectivity index (χ0v) is 18.5. The van der Waals surface area contributed by atoms with E-state index < -0.39 is 23.9 Å². The third-order valence-electron chi connectivity index (χ3n) is 4.64. The van der Waals surface area contributed by atoms with E-state index in [2.05, 4.69) is 5.32 Å². The Hall–Kier alpha value is -3.03. The lowest BCUT2D eigenvalue weighted by atomic mass is 9.76. The molecule has 0 unspecified atom stereocenters. The monoisotopic (exact) mass is 418 g/mol. The summed E-state index contributed by atoms with van der Waals surface area (Å²) in [6.07, 6.45) is 5.44. The van der Waals surface area contributed by atoms with Gasteiger partial charge in [0.15, 0.2) is 0 Å². The lowest BCUT2D eigenvalue weighted by molar-refractivity contribution is -0.144. The van der Waals surface area contributed by atoms with Crippen molar-refractivity contribution in [3.8, 4) is 0 Å². The van der Waals surface area contributed by atoms with Gasteiger partial charge in [-0.25, -0.2) is 14.4 Å². The minimum atomic E-state index is -0.629. The van der Waals surface area contributed by atoms with E-state index in [1.54, 1.807) is 66.1 Å². The first-order chi connectivity index (χ1) is 14.1. The van der Waals surface area contributed by atoms with Crippen LogP contribution in [0.15, 0.2) is 47.1 Å². The highest BCUT2D eigenvalue weighted by molar-refractivity contribution is 5.98. The van der Waals surface area contributed by atoms with Gasteiger partial charge in [-0.1, -0.05) is 12.2 Å². The molecule has 0 aromatic heterocycles. The summed E-state index contributed by atoms with van der Waals surface area (Å²) in [5.41, 5.74) is 1.94. The summed E-state index contributed by atoms with van der Waals surface area (Å²) in [4.78, 5) is 39.0. The molecule has 1 amide bonds. The highest BCUT2D eigenvalue weighted by Gasteiger charge is 2.41. The Labute approximate surface area is 177 Å². The van der Waals surface area contributed by atoms with E-state index in [9.17, 15) is 14.4 Å². The number of esters is 2. The summed E-state index contributed by atoms with van der Waals surface area (Å²) < 4.78 is 15.6. The van der Waals surface area contributed by atoms with E-state index in [0.29, 0.717) is 22.5 Å². The van der Waals surface area contributed by atoms with Gasteiger partial charge in [0.25, 0.3) is 0 Å². The van der Waals surface area contributed by atoms with Crippen molar-refractivity contribution >= 4 is 18.0 Å². The average molecular weight is 418 g/mol. The molecule has 0 aromatic carbocycles. The first-order valence-electron chi connectivity index (χ1n) is 9.90. The minimum absolute atomic E-state index is 0.316. The topological polar surface area (TPSA) is 94.2 Å². The number of methoxy groups -OCH3 is 1. The fourth-order valence-electron chi connectivity index (χ4n) is 3.47. The summed E-state index contributed by atoms with van der Waals surface area (Å²) >= 11 is 0. The van der Waals surface area contributed by atoms with E-state index in [4.69, 9.17) is 14.2 Å². The Kier molecular flexibility index (Phi) is 7.48. The quantitative estimate of drug-likeness (QED) is 0.540. The number of hydrogen-bond donors (Lipinski definition) is 1. The van der Waals surface area contributed by atoms with E-state index in [-0.39, 0.29) is 18.1 Å². The van der Waals surface area contributed by atoms with Crippen LogP contribution in [0.4, 0.5) is 4.79 Å². The molecule has 0 spiro atoms. The second kappa shape index (κ2) is 9.65. The van der Waals surface area contributed by atoms with Gasteiger partial charge in [0, 0.05) is 35.6 Å². The highest BCUT2D eigenvalue weighted by Crippen LogP contribution is 2.39. The maximum absolute atomic E-state index is 13.0. The number of hydrogen-bond acceptors (Lipinski definition) is 7. The van der Waals surface area contributed by atoms with Gasteiger partial charge in [-0.05, 0) is 41.5 Å². The Morgan fingerprint density at radius 1 is 0.900 bits per heavy atom. The molecule has 0 aromatic rings. The number of nitrogens with zero attached hydrogens (tertiary/aromatic N) is 1. The number of ether oxygens (including phenoxy) is 3. The Morgan fingerprint density at radius 2 is 1.33 bits per heavy atom. The van der Waals surface area contributed by atoms with Crippen LogP contribution in [0.3, 0.4) is 0 Å². The summed E-state index contributed by atoms with van der Waals surface area (Å²) in [6, 6.07) is 0. The molecule has 2 aliphatic rings. The lowest BCUT2D eigenvalue weighted by Crippen LogP contribution is -2.38. The van der Waals surface area contributed by atoms with Crippen LogP contribution in [0.1, 0.15) is 41.5 Å². The number of amides is 1. The molecule has 164 valence electrons. The number of dihydropyridines is 1. The number of nitrogens with one attached hydrogen (secondary N) is 1. The molecule has 0 atom stereocenters. The highest BCUT2D eigenvalue weighted by atomic mass is 16.5.